The summed E-state index contributed by atoms with van der Waals surface area (Å²) in [6.45, 7) is 2.09. The molecule has 0 atom stereocenters. The van der Waals surface area contributed by atoms with Crippen molar-refractivity contribution in [3.63, 3.8) is 0 Å². The molecule has 0 saturated carbocycles. The number of nitrogens with one attached hydrogen (secondary N) is 1. The van der Waals surface area contributed by atoms with Gasteiger partial charge in [0.15, 0.2) is 0 Å². The fraction of sp³-hybridized carbons (Fsp3) is 0.154. The molecule has 2 amide bonds. The van der Waals surface area contributed by atoms with Gasteiger partial charge < -0.3 is 14.8 Å². The minimum Gasteiger partial charge on any atom is -0.496 e. The van der Waals surface area contributed by atoms with E-state index in [9.17, 15) is 9.59 Å². The van der Waals surface area contributed by atoms with Gasteiger partial charge in [-0.3, -0.25) is 14.5 Å². The zero-order valence-electron chi connectivity index (χ0n) is 18.2. The summed E-state index contributed by atoms with van der Waals surface area (Å²) in [6, 6.07) is 22.2. The van der Waals surface area contributed by atoms with Gasteiger partial charge in [-0.25, -0.2) is 0 Å². The molecular weight excluding hydrogens is 404 g/mol. The third-order valence-electron chi connectivity index (χ3n) is 5.39. The third kappa shape index (κ3) is 3.95. The van der Waals surface area contributed by atoms with E-state index in [4.69, 9.17) is 9.47 Å². The Kier molecular flexibility index (Phi) is 5.94. The fourth-order valence-corrected chi connectivity index (χ4v) is 3.72. The number of benzene rings is 3. The highest BCUT2D eigenvalue weighted by Gasteiger charge is 2.40. The van der Waals surface area contributed by atoms with E-state index in [-0.39, 0.29) is 23.7 Å². The SMILES string of the molecule is COc1ccccc1CN1C(=O)C(Nc2ccc(C)cc2)=C(c2ccccc2OC)C1=O. The second kappa shape index (κ2) is 8.98. The van der Waals surface area contributed by atoms with Gasteiger partial charge in [-0.2, -0.15) is 0 Å². The smallest absolute Gasteiger partial charge is 0.278 e. The van der Waals surface area contributed by atoms with Gasteiger partial charge in [0.25, 0.3) is 11.8 Å². The van der Waals surface area contributed by atoms with Crippen molar-refractivity contribution in [2.24, 2.45) is 0 Å². The maximum absolute atomic E-state index is 13.6. The molecule has 1 N–H and O–H groups in total. The minimum atomic E-state index is -0.401. The Morgan fingerprint density at radius 3 is 2.09 bits per heavy atom. The molecule has 6 heteroatoms. The molecular formula is C26H24N2O4. The summed E-state index contributed by atoms with van der Waals surface area (Å²) < 4.78 is 10.9. The largest absolute Gasteiger partial charge is 0.496 e. The summed E-state index contributed by atoms with van der Waals surface area (Å²) in [5, 5.41) is 3.17. The van der Waals surface area contributed by atoms with E-state index in [0.717, 1.165) is 16.8 Å². The second-order valence-corrected chi connectivity index (χ2v) is 7.45. The fourth-order valence-electron chi connectivity index (χ4n) is 3.72. The third-order valence-corrected chi connectivity index (χ3v) is 5.39. The first-order chi connectivity index (χ1) is 15.5. The highest BCUT2D eigenvalue weighted by Crippen LogP contribution is 2.36. The lowest BCUT2D eigenvalue weighted by Gasteiger charge is -2.17. The average Bonchev–Trinajstić information content (AvgIpc) is 3.04. The highest BCUT2D eigenvalue weighted by molar-refractivity contribution is 6.36. The summed E-state index contributed by atoms with van der Waals surface area (Å²) in [7, 11) is 3.11. The Labute approximate surface area is 187 Å². The van der Waals surface area contributed by atoms with E-state index in [1.165, 1.54) is 4.90 Å². The van der Waals surface area contributed by atoms with Crippen LogP contribution in [-0.4, -0.2) is 30.9 Å². The van der Waals surface area contributed by atoms with Crippen LogP contribution < -0.4 is 14.8 Å². The number of methoxy groups -OCH3 is 2. The van der Waals surface area contributed by atoms with Crippen molar-refractivity contribution >= 4 is 23.1 Å². The van der Waals surface area contributed by atoms with Crippen LogP contribution in [0.5, 0.6) is 11.5 Å². The van der Waals surface area contributed by atoms with Crippen LogP contribution in [0.4, 0.5) is 5.69 Å². The van der Waals surface area contributed by atoms with Crippen LogP contribution in [0, 0.1) is 6.92 Å². The number of amides is 2. The zero-order chi connectivity index (χ0) is 22.7. The topological polar surface area (TPSA) is 67.9 Å². The van der Waals surface area contributed by atoms with Crippen molar-refractivity contribution in [3.8, 4) is 11.5 Å². The summed E-state index contributed by atoms with van der Waals surface area (Å²) in [6.07, 6.45) is 0. The molecule has 162 valence electrons. The number of anilines is 1. The van der Waals surface area contributed by atoms with Crippen molar-refractivity contribution in [2.75, 3.05) is 19.5 Å². The molecule has 0 spiro atoms. The molecule has 0 unspecified atom stereocenters. The maximum atomic E-state index is 13.6. The first-order valence-electron chi connectivity index (χ1n) is 10.2. The number of hydrogen-bond acceptors (Lipinski definition) is 5. The van der Waals surface area contributed by atoms with Gasteiger partial charge in [-0.05, 0) is 31.2 Å². The monoisotopic (exact) mass is 428 g/mol. The average molecular weight is 428 g/mol. The van der Waals surface area contributed by atoms with E-state index < -0.39 is 5.91 Å². The number of hydrogen-bond donors (Lipinski definition) is 1. The predicted molar refractivity (Wildman–Crippen MR) is 123 cm³/mol. The van der Waals surface area contributed by atoms with Gasteiger partial charge in [0.2, 0.25) is 0 Å². The van der Waals surface area contributed by atoms with Gasteiger partial charge in [0, 0.05) is 16.8 Å². The number of imide groups is 1. The quantitative estimate of drug-likeness (QED) is 0.565. The van der Waals surface area contributed by atoms with Crippen LogP contribution >= 0.6 is 0 Å². The lowest BCUT2D eigenvalue weighted by atomic mass is 10.0. The molecule has 0 bridgehead atoms. The molecule has 0 aliphatic carbocycles. The molecule has 3 aromatic carbocycles. The van der Waals surface area contributed by atoms with Crippen molar-refractivity contribution in [1.29, 1.82) is 0 Å². The van der Waals surface area contributed by atoms with E-state index in [1.54, 1.807) is 32.4 Å². The van der Waals surface area contributed by atoms with Crippen LogP contribution in [0.25, 0.3) is 5.57 Å². The zero-order valence-corrected chi connectivity index (χ0v) is 18.2. The molecule has 4 rings (SSSR count). The van der Waals surface area contributed by atoms with E-state index in [2.05, 4.69) is 5.32 Å². The van der Waals surface area contributed by atoms with Crippen LogP contribution in [0.15, 0.2) is 78.5 Å². The molecule has 1 aliphatic heterocycles. The normalized spacial score (nSPS) is 13.5. The van der Waals surface area contributed by atoms with Crippen LogP contribution in [0.1, 0.15) is 16.7 Å². The lowest BCUT2D eigenvalue weighted by Crippen LogP contribution is -2.32. The molecule has 6 nitrogen and oxygen atoms in total. The number of para-hydroxylation sites is 2. The van der Waals surface area contributed by atoms with Crippen molar-refractivity contribution in [3.05, 3.63) is 95.2 Å². The van der Waals surface area contributed by atoms with E-state index in [0.29, 0.717) is 17.1 Å². The maximum Gasteiger partial charge on any atom is 0.278 e. The van der Waals surface area contributed by atoms with Gasteiger partial charge in [-0.15, -0.1) is 0 Å². The van der Waals surface area contributed by atoms with Crippen molar-refractivity contribution in [1.82, 2.24) is 4.90 Å². The standard InChI is InChI=1S/C26H24N2O4/c1-17-12-14-19(15-13-17)27-24-23(20-9-5-7-11-22(20)32-3)25(29)28(26(24)30)16-18-8-4-6-10-21(18)31-2/h4-15,27H,16H2,1-3H3. The van der Waals surface area contributed by atoms with Crippen LogP contribution in [0.3, 0.4) is 0 Å². The molecule has 1 aliphatic rings. The van der Waals surface area contributed by atoms with Gasteiger partial charge in [-0.1, -0.05) is 54.1 Å². The number of ether oxygens (including phenoxy) is 2. The number of nitrogens with zero attached hydrogens (tertiary/aromatic N) is 1. The summed E-state index contributed by atoms with van der Waals surface area (Å²) in [5.41, 5.74) is 3.62. The minimum absolute atomic E-state index is 0.0966. The number of rotatable bonds is 7. The predicted octanol–water partition coefficient (Wildman–Crippen LogP) is 4.40. The van der Waals surface area contributed by atoms with Crippen molar-refractivity contribution in [2.45, 2.75) is 13.5 Å². The molecule has 0 aromatic heterocycles. The molecule has 32 heavy (non-hydrogen) atoms. The lowest BCUT2D eigenvalue weighted by molar-refractivity contribution is -0.137. The molecule has 0 fully saturated rings. The van der Waals surface area contributed by atoms with Gasteiger partial charge >= 0.3 is 0 Å². The number of carbonyl (C=O) groups is 2. The second-order valence-electron chi connectivity index (χ2n) is 7.45. The Hall–Kier alpha value is -4.06. The summed E-state index contributed by atoms with van der Waals surface area (Å²) in [4.78, 5) is 28.3. The van der Waals surface area contributed by atoms with Crippen LogP contribution in [-0.2, 0) is 16.1 Å². The Balaban J connectivity index is 1.78. The first-order valence-corrected chi connectivity index (χ1v) is 10.2. The number of carbonyl (C=O) groups excluding carboxylic acids is 2. The Morgan fingerprint density at radius 2 is 1.41 bits per heavy atom. The Bertz CT molecular complexity index is 1200. The van der Waals surface area contributed by atoms with Gasteiger partial charge in [0.05, 0.1) is 26.3 Å². The molecule has 0 saturated heterocycles. The summed E-state index contributed by atoms with van der Waals surface area (Å²) in [5.74, 6) is 0.347. The molecule has 1 heterocycles. The van der Waals surface area contributed by atoms with E-state index >= 15 is 0 Å². The summed E-state index contributed by atoms with van der Waals surface area (Å²) >= 11 is 0. The van der Waals surface area contributed by atoms with Gasteiger partial charge in [0.1, 0.15) is 17.2 Å². The first kappa shape index (κ1) is 21.2. The van der Waals surface area contributed by atoms with Crippen molar-refractivity contribution < 1.29 is 19.1 Å². The number of aryl methyl sites for hydroxylation is 1. The highest BCUT2D eigenvalue weighted by atomic mass is 16.5. The molecule has 3 aromatic rings. The molecule has 0 radical (unpaired) electrons. The van der Waals surface area contributed by atoms with E-state index in [1.807, 2.05) is 61.5 Å². The Morgan fingerprint density at radius 1 is 0.781 bits per heavy atom. The van der Waals surface area contributed by atoms with Crippen LogP contribution in [0.2, 0.25) is 0 Å².